The lowest BCUT2D eigenvalue weighted by Gasteiger charge is -2.21. The summed E-state index contributed by atoms with van der Waals surface area (Å²) in [7, 11) is 4.02. The van der Waals surface area contributed by atoms with Crippen molar-refractivity contribution in [1.82, 2.24) is 9.88 Å². The fourth-order valence-electron chi connectivity index (χ4n) is 3.16. The van der Waals surface area contributed by atoms with Crippen LogP contribution in [-0.2, 0) is 6.54 Å². The van der Waals surface area contributed by atoms with Crippen LogP contribution in [0.2, 0.25) is 0 Å². The van der Waals surface area contributed by atoms with Crippen molar-refractivity contribution in [1.29, 1.82) is 0 Å². The molecule has 6 heteroatoms. The Balaban J connectivity index is 0.00000225. The highest BCUT2D eigenvalue weighted by Crippen LogP contribution is 2.23. The molecule has 1 aromatic carbocycles. The van der Waals surface area contributed by atoms with Gasteiger partial charge in [-0.3, -0.25) is 0 Å². The third kappa shape index (κ3) is 4.96. The van der Waals surface area contributed by atoms with Crippen LogP contribution in [-0.4, -0.2) is 43.0 Å². The Hall–Kier alpha value is -1.57. The Morgan fingerprint density at radius 3 is 2.52 bits per heavy atom. The van der Waals surface area contributed by atoms with E-state index < -0.39 is 0 Å². The van der Waals surface area contributed by atoms with E-state index in [1.54, 1.807) is 0 Å². The Morgan fingerprint density at radius 1 is 1.16 bits per heavy atom. The van der Waals surface area contributed by atoms with Crippen molar-refractivity contribution in [3.63, 3.8) is 0 Å². The van der Waals surface area contributed by atoms with Crippen LogP contribution >= 0.6 is 24.0 Å². The van der Waals surface area contributed by atoms with Crippen molar-refractivity contribution < 1.29 is 0 Å². The van der Waals surface area contributed by atoms with Gasteiger partial charge in [-0.2, -0.15) is 0 Å². The zero-order valence-electron chi connectivity index (χ0n) is 15.1. The number of guanidine groups is 1. The minimum Gasteiger partial charge on any atom is -0.370 e. The molecule has 1 aromatic heterocycles. The average Bonchev–Trinajstić information content (AvgIpc) is 2.88. The van der Waals surface area contributed by atoms with Gasteiger partial charge >= 0.3 is 0 Å². The van der Waals surface area contributed by atoms with Crippen LogP contribution in [0.15, 0.2) is 35.3 Å². The van der Waals surface area contributed by atoms with Crippen LogP contribution in [0.3, 0.4) is 0 Å². The number of nitrogens with two attached hydrogens (primary N) is 1. The molecule has 1 aliphatic rings. The summed E-state index contributed by atoms with van der Waals surface area (Å²) in [6.07, 6.45) is 5.01. The number of aliphatic imine (C=N–C) groups is 1. The number of likely N-dealkylation sites (tertiary alicyclic amines) is 1. The molecule has 1 saturated heterocycles. The van der Waals surface area contributed by atoms with E-state index in [2.05, 4.69) is 22.0 Å². The predicted molar refractivity (Wildman–Crippen MR) is 117 cm³/mol. The monoisotopic (exact) mass is 453 g/mol. The molecule has 0 unspecified atom stereocenters. The summed E-state index contributed by atoms with van der Waals surface area (Å²) >= 11 is 0. The molecule has 0 radical (unpaired) electrons. The number of anilines is 1. The van der Waals surface area contributed by atoms with Crippen LogP contribution in [0.4, 0.5) is 5.82 Å². The summed E-state index contributed by atoms with van der Waals surface area (Å²) < 4.78 is 0. The average molecular weight is 453 g/mol. The van der Waals surface area contributed by atoms with Crippen LogP contribution in [0.1, 0.15) is 31.2 Å². The number of fused-ring (bicyclic) bond motifs is 1. The van der Waals surface area contributed by atoms with E-state index in [1.807, 2.05) is 37.2 Å². The third-order valence-corrected chi connectivity index (χ3v) is 4.59. The van der Waals surface area contributed by atoms with Crippen molar-refractivity contribution in [2.75, 3.05) is 32.1 Å². The number of hydrogen-bond acceptors (Lipinski definition) is 3. The summed E-state index contributed by atoms with van der Waals surface area (Å²) in [5.74, 6) is 1.62. The van der Waals surface area contributed by atoms with E-state index >= 15 is 0 Å². The first-order chi connectivity index (χ1) is 11.6. The molecule has 0 atom stereocenters. The molecular formula is C19H28IN5. The fraction of sp³-hybridized carbons (Fsp3) is 0.474. The van der Waals surface area contributed by atoms with E-state index in [-0.39, 0.29) is 24.0 Å². The van der Waals surface area contributed by atoms with E-state index in [1.165, 1.54) is 31.2 Å². The van der Waals surface area contributed by atoms with Crippen LogP contribution in [0.5, 0.6) is 0 Å². The number of halogens is 1. The zero-order chi connectivity index (χ0) is 16.9. The fourth-order valence-corrected chi connectivity index (χ4v) is 3.16. The topological polar surface area (TPSA) is 57.8 Å². The normalized spacial score (nSPS) is 15.6. The maximum absolute atomic E-state index is 6.26. The number of aromatic nitrogens is 1. The molecule has 2 heterocycles. The van der Waals surface area contributed by atoms with E-state index in [0.29, 0.717) is 12.5 Å². The largest absolute Gasteiger partial charge is 0.370 e. The van der Waals surface area contributed by atoms with Crippen molar-refractivity contribution in [2.45, 2.75) is 32.2 Å². The first kappa shape index (κ1) is 19.8. The molecule has 0 saturated carbocycles. The number of rotatable bonds is 3. The lowest BCUT2D eigenvalue weighted by molar-refractivity contribution is 0.428. The highest BCUT2D eigenvalue weighted by molar-refractivity contribution is 14.0. The van der Waals surface area contributed by atoms with Gasteiger partial charge in [0.05, 0.1) is 12.1 Å². The smallest absolute Gasteiger partial charge is 0.191 e. The summed E-state index contributed by atoms with van der Waals surface area (Å²) in [4.78, 5) is 13.6. The van der Waals surface area contributed by atoms with E-state index in [4.69, 9.17) is 10.7 Å². The van der Waals surface area contributed by atoms with Crippen molar-refractivity contribution >= 4 is 46.7 Å². The molecule has 5 nitrogen and oxygen atoms in total. The summed E-state index contributed by atoms with van der Waals surface area (Å²) in [6.45, 7) is 2.64. The number of nitrogens with zero attached hydrogens (tertiary/aromatic N) is 4. The summed E-state index contributed by atoms with van der Waals surface area (Å²) in [6, 6.07) is 10.3. The third-order valence-electron chi connectivity index (χ3n) is 4.59. The van der Waals surface area contributed by atoms with Gasteiger partial charge in [0.2, 0.25) is 0 Å². The maximum Gasteiger partial charge on any atom is 0.191 e. The quantitative estimate of drug-likeness (QED) is 0.438. The van der Waals surface area contributed by atoms with Crippen molar-refractivity contribution in [2.24, 2.45) is 10.7 Å². The molecule has 1 fully saturated rings. The van der Waals surface area contributed by atoms with E-state index in [9.17, 15) is 0 Å². The number of hydrogen-bond donors (Lipinski definition) is 1. The standard InChI is InChI=1S/C19H27N5.HI/c1-23(2)18-13-15(16-9-5-6-10-17(16)22-18)14-21-19(20)24-11-7-3-4-8-12-24;/h5-6,9-10,13H,3-4,7-8,11-12,14H2,1-2H3,(H2,20,21);1H. The Kier molecular flexibility index (Phi) is 7.28. The molecule has 0 amide bonds. The molecule has 2 aromatic rings. The van der Waals surface area contributed by atoms with Crippen molar-refractivity contribution in [3.8, 4) is 0 Å². The van der Waals surface area contributed by atoms with Gasteiger partial charge in [0.1, 0.15) is 5.82 Å². The first-order valence-electron chi connectivity index (χ1n) is 8.76. The first-order valence-corrected chi connectivity index (χ1v) is 8.76. The van der Waals surface area contributed by atoms with Gasteiger partial charge in [0.25, 0.3) is 0 Å². The maximum atomic E-state index is 6.26. The van der Waals surface area contributed by atoms with Gasteiger partial charge in [-0.05, 0) is 30.5 Å². The minimum atomic E-state index is 0. The Morgan fingerprint density at radius 2 is 1.84 bits per heavy atom. The van der Waals surface area contributed by atoms with Crippen LogP contribution < -0.4 is 10.6 Å². The molecule has 2 N–H and O–H groups in total. The minimum absolute atomic E-state index is 0. The molecule has 1 aliphatic heterocycles. The van der Waals surface area contributed by atoms with Gasteiger partial charge in [0, 0.05) is 32.6 Å². The molecule has 0 aliphatic carbocycles. The Labute approximate surface area is 167 Å². The molecule has 0 bridgehead atoms. The summed E-state index contributed by atoms with van der Waals surface area (Å²) in [5.41, 5.74) is 8.43. The summed E-state index contributed by atoms with van der Waals surface area (Å²) in [5, 5.41) is 1.15. The molecule has 136 valence electrons. The molecular weight excluding hydrogens is 425 g/mol. The second-order valence-corrected chi connectivity index (χ2v) is 6.63. The molecule has 3 rings (SSSR count). The Bertz CT molecular complexity index is 721. The van der Waals surface area contributed by atoms with Gasteiger partial charge < -0.3 is 15.5 Å². The molecule has 0 spiro atoms. The number of pyridine rings is 1. The van der Waals surface area contributed by atoms with Gasteiger partial charge in [-0.1, -0.05) is 31.0 Å². The number of para-hydroxylation sites is 1. The van der Waals surface area contributed by atoms with Gasteiger partial charge in [-0.25, -0.2) is 9.98 Å². The van der Waals surface area contributed by atoms with Crippen LogP contribution in [0, 0.1) is 0 Å². The molecule has 25 heavy (non-hydrogen) atoms. The van der Waals surface area contributed by atoms with Crippen molar-refractivity contribution in [3.05, 3.63) is 35.9 Å². The second-order valence-electron chi connectivity index (χ2n) is 6.63. The van der Waals surface area contributed by atoms with Gasteiger partial charge in [0.15, 0.2) is 5.96 Å². The van der Waals surface area contributed by atoms with Gasteiger partial charge in [-0.15, -0.1) is 24.0 Å². The SMILES string of the molecule is CN(C)c1cc(CN=C(N)N2CCCCCC2)c2ccccc2n1.I. The highest BCUT2D eigenvalue weighted by atomic mass is 127. The second kappa shape index (κ2) is 9.22. The van der Waals surface area contributed by atoms with Crippen LogP contribution in [0.25, 0.3) is 10.9 Å². The lowest BCUT2D eigenvalue weighted by Crippen LogP contribution is -2.38. The van der Waals surface area contributed by atoms with E-state index in [0.717, 1.165) is 29.8 Å². The number of benzene rings is 1. The highest BCUT2D eigenvalue weighted by Gasteiger charge is 2.12. The predicted octanol–water partition coefficient (Wildman–Crippen LogP) is 3.61. The lowest BCUT2D eigenvalue weighted by atomic mass is 10.1. The zero-order valence-corrected chi connectivity index (χ0v) is 17.4.